The number of sulfonamides is 1. The van der Waals surface area contributed by atoms with Crippen molar-refractivity contribution in [3.63, 3.8) is 0 Å². The molecule has 130 valence electrons. The number of nitrogens with one attached hydrogen (secondary N) is 2. The molecule has 7 nitrogen and oxygen atoms in total. The van der Waals surface area contributed by atoms with E-state index in [-0.39, 0.29) is 22.2 Å². The Balaban J connectivity index is 1.85. The predicted octanol–water partition coefficient (Wildman–Crippen LogP) is 0.253. The Hall–Kier alpha value is -1.00. The van der Waals surface area contributed by atoms with Crippen LogP contribution in [0.4, 0.5) is 0 Å². The zero-order valence-electron chi connectivity index (χ0n) is 13.4. The topological polar surface area (TPSA) is 87.7 Å². The summed E-state index contributed by atoms with van der Waals surface area (Å²) in [6.45, 7) is 1.54. The van der Waals surface area contributed by atoms with E-state index >= 15 is 0 Å². The van der Waals surface area contributed by atoms with Gasteiger partial charge in [-0.2, -0.15) is 0 Å². The molecule has 0 aliphatic carbocycles. The SMILES string of the molecule is CN(C)C1(CNC(=O)CNS(=O)(=O)c2cccs2)CCOCC1. The van der Waals surface area contributed by atoms with E-state index in [4.69, 9.17) is 4.74 Å². The molecule has 2 rings (SSSR count). The summed E-state index contributed by atoms with van der Waals surface area (Å²) in [4.78, 5) is 14.1. The highest BCUT2D eigenvalue weighted by atomic mass is 32.2. The van der Waals surface area contributed by atoms with Crippen molar-refractivity contribution in [1.82, 2.24) is 14.9 Å². The third-order valence-corrected chi connectivity index (χ3v) is 6.97. The molecule has 2 N–H and O–H groups in total. The number of rotatable bonds is 7. The van der Waals surface area contributed by atoms with Gasteiger partial charge in [-0.05, 0) is 38.4 Å². The van der Waals surface area contributed by atoms with Gasteiger partial charge in [0.1, 0.15) is 4.21 Å². The highest BCUT2D eigenvalue weighted by Gasteiger charge is 2.35. The van der Waals surface area contributed by atoms with Gasteiger partial charge in [0.25, 0.3) is 10.0 Å². The zero-order valence-corrected chi connectivity index (χ0v) is 15.0. The van der Waals surface area contributed by atoms with Gasteiger partial charge in [0.05, 0.1) is 6.54 Å². The number of thiophene rings is 1. The number of hydrogen-bond donors (Lipinski definition) is 2. The zero-order chi connectivity index (χ0) is 16.9. The average molecular weight is 361 g/mol. The Morgan fingerprint density at radius 1 is 1.39 bits per heavy atom. The molecule has 2 heterocycles. The number of likely N-dealkylation sites (N-methyl/N-ethyl adjacent to an activating group) is 1. The first kappa shape index (κ1) is 18.3. The normalized spacial score (nSPS) is 18.0. The maximum Gasteiger partial charge on any atom is 0.250 e. The third kappa shape index (κ3) is 4.74. The van der Waals surface area contributed by atoms with Crippen LogP contribution >= 0.6 is 11.3 Å². The molecule has 1 aromatic rings. The van der Waals surface area contributed by atoms with Gasteiger partial charge in [0, 0.05) is 25.3 Å². The molecule has 1 aliphatic heterocycles. The smallest absolute Gasteiger partial charge is 0.250 e. The van der Waals surface area contributed by atoms with E-state index in [0.29, 0.717) is 19.8 Å². The van der Waals surface area contributed by atoms with Gasteiger partial charge in [-0.15, -0.1) is 11.3 Å². The summed E-state index contributed by atoms with van der Waals surface area (Å²) in [5.74, 6) is -0.335. The maximum absolute atomic E-state index is 12.0. The first-order chi connectivity index (χ1) is 10.9. The summed E-state index contributed by atoms with van der Waals surface area (Å²) >= 11 is 1.12. The molecular weight excluding hydrogens is 338 g/mol. The quantitative estimate of drug-likeness (QED) is 0.727. The average Bonchev–Trinajstić information content (AvgIpc) is 3.07. The molecule has 0 atom stereocenters. The van der Waals surface area contributed by atoms with Crippen LogP contribution in [0, 0.1) is 0 Å². The molecule has 1 aliphatic rings. The molecule has 23 heavy (non-hydrogen) atoms. The summed E-state index contributed by atoms with van der Waals surface area (Å²) in [7, 11) is 0.357. The van der Waals surface area contributed by atoms with Crippen molar-refractivity contribution in [2.45, 2.75) is 22.6 Å². The fraction of sp³-hybridized carbons (Fsp3) is 0.643. The van der Waals surface area contributed by atoms with Crippen LogP contribution in [0.2, 0.25) is 0 Å². The second-order valence-corrected chi connectivity index (χ2v) is 8.71. The number of nitrogens with zero attached hydrogens (tertiary/aromatic N) is 1. The van der Waals surface area contributed by atoms with Gasteiger partial charge in [-0.25, -0.2) is 13.1 Å². The fourth-order valence-corrected chi connectivity index (χ4v) is 4.53. The predicted molar refractivity (Wildman–Crippen MR) is 89.0 cm³/mol. The molecule has 9 heteroatoms. The van der Waals surface area contributed by atoms with E-state index in [1.165, 1.54) is 6.07 Å². The van der Waals surface area contributed by atoms with Crippen LogP contribution in [0.3, 0.4) is 0 Å². The summed E-state index contributed by atoms with van der Waals surface area (Å²) in [6.07, 6.45) is 1.67. The van der Waals surface area contributed by atoms with Crippen molar-refractivity contribution >= 4 is 27.3 Å². The Morgan fingerprint density at radius 2 is 2.09 bits per heavy atom. The van der Waals surface area contributed by atoms with Crippen molar-refractivity contribution < 1.29 is 17.9 Å². The second-order valence-electron chi connectivity index (χ2n) is 5.76. The van der Waals surface area contributed by atoms with Gasteiger partial charge in [0.15, 0.2) is 0 Å². The summed E-state index contributed by atoms with van der Waals surface area (Å²) in [6, 6.07) is 3.17. The second kappa shape index (κ2) is 7.71. The number of carbonyl (C=O) groups excluding carboxylic acids is 1. The summed E-state index contributed by atoms with van der Waals surface area (Å²) < 4.78 is 31.9. The van der Waals surface area contributed by atoms with E-state index in [9.17, 15) is 13.2 Å². The lowest BCUT2D eigenvalue weighted by atomic mass is 9.88. The van der Waals surface area contributed by atoms with Gasteiger partial charge in [-0.1, -0.05) is 6.07 Å². The lowest BCUT2D eigenvalue weighted by Gasteiger charge is -2.42. The van der Waals surface area contributed by atoms with Crippen molar-refractivity contribution in [2.24, 2.45) is 0 Å². The number of hydrogen-bond acceptors (Lipinski definition) is 6. The molecule has 0 bridgehead atoms. The highest BCUT2D eigenvalue weighted by Crippen LogP contribution is 2.25. The molecule has 1 saturated heterocycles. The highest BCUT2D eigenvalue weighted by molar-refractivity contribution is 7.91. The molecule has 1 aromatic heterocycles. The lowest BCUT2D eigenvalue weighted by molar-refractivity contribution is -0.121. The standard InChI is InChI=1S/C14H23N3O4S2/c1-17(2)14(5-7-21-8-6-14)11-15-12(18)10-16-23(19,20)13-4-3-9-22-13/h3-4,9,16H,5-8,10-11H2,1-2H3,(H,15,18). The Labute approximate surface area is 141 Å². The summed E-state index contributed by atoms with van der Waals surface area (Å²) in [5.41, 5.74) is -0.138. The van der Waals surface area contributed by atoms with E-state index in [1.807, 2.05) is 14.1 Å². The molecule has 0 saturated carbocycles. The molecule has 0 radical (unpaired) electrons. The minimum atomic E-state index is -3.61. The first-order valence-electron chi connectivity index (χ1n) is 7.41. The number of carbonyl (C=O) groups is 1. The molecule has 1 amide bonds. The summed E-state index contributed by atoms with van der Waals surface area (Å²) in [5, 5.41) is 4.51. The van der Waals surface area contributed by atoms with Crippen LogP contribution in [0.25, 0.3) is 0 Å². The van der Waals surface area contributed by atoms with Gasteiger partial charge >= 0.3 is 0 Å². The van der Waals surface area contributed by atoms with Crippen LogP contribution in [-0.2, 0) is 19.6 Å². The largest absolute Gasteiger partial charge is 0.381 e. The maximum atomic E-state index is 12.0. The van der Waals surface area contributed by atoms with Crippen LogP contribution < -0.4 is 10.0 Å². The monoisotopic (exact) mass is 361 g/mol. The fourth-order valence-electron chi connectivity index (χ4n) is 2.51. The van der Waals surface area contributed by atoms with Gasteiger partial charge < -0.3 is 15.0 Å². The Kier molecular flexibility index (Phi) is 6.15. The third-order valence-electron chi connectivity index (χ3n) is 4.17. The van der Waals surface area contributed by atoms with Crippen molar-refractivity contribution in [2.75, 3.05) is 40.4 Å². The van der Waals surface area contributed by atoms with Crippen LogP contribution in [0.1, 0.15) is 12.8 Å². The molecule has 0 aromatic carbocycles. The Morgan fingerprint density at radius 3 is 2.65 bits per heavy atom. The van der Waals surface area contributed by atoms with E-state index < -0.39 is 10.0 Å². The molecule has 0 unspecified atom stereocenters. The van der Waals surface area contributed by atoms with E-state index in [2.05, 4.69) is 14.9 Å². The number of ether oxygens (including phenoxy) is 1. The Bertz CT molecular complexity index is 608. The van der Waals surface area contributed by atoms with E-state index in [1.54, 1.807) is 11.4 Å². The van der Waals surface area contributed by atoms with Crippen molar-refractivity contribution in [1.29, 1.82) is 0 Å². The van der Waals surface area contributed by atoms with Gasteiger partial charge in [0.2, 0.25) is 5.91 Å². The molecule has 1 fully saturated rings. The van der Waals surface area contributed by atoms with Crippen LogP contribution in [0.15, 0.2) is 21.7 Å². The van der Waals surface area contributed by atoms with Crippen LogP contribution in [0.5, 0.6) is 0 Å². The van der Waals surface area contributed by atoms with Crippen molar-refractivity contribution in [3.05, 3.63) is 17.5 Å². The van der Waals surface area contributed by atoms with Gasteiger partial charge in [-0.3, -0.25) is 4.79 Å². The van der Waals surface area contributed by atoms with E-state index in [0.717, 1.165) is 24.2 Å². The molecule has 0 spiro atoms. The van der Waals surface area contributed by atoms with Crippen molar-refractivity contribution in [3.8, 4) is 0 Å². The molecular formula is C14H23N3O4S2. The number of amides is 1. The van der Waals surface area contributed by atoms with Crippen LogP contribution in [-0.4, -0.2) is 65.2 Å². The first-order valence-corrected chi connectivity index (χ1v) is 9.77. The lowest BCUT2D eigenvalue weighted by Crippen LogP contribution is -2.56. The minimum Gasteiger partial charge on any atom is -0.381 e. The minimum absolute atomic E-state index is 0.138.